The van der Waals surface area contributed by atoms with Crippen LogP contribution in [0.2, 0.25) is 0 Å². The van der Waals surface area contributed by atoms with Crippen molar-refractivity contribution in [2.75, 3.05) is 39.5 Å². The van der Waals surface area contributed by atoms with Gasteiger partial charge in [-0.2, -0.15) is 5.10 Å². The van der Waals surface area contributed by atoms with Gasteiger partial charge in [-0.25, -0.2) is 4.79 Å². The van der Waals surface area contributed by atoms with Crippen molar-refractivity contribution in [2.24, 2.45) is 11.0 Å². The molecule has 3 aliphatic rings. The molecule has 0 spiro atoms. The molecule has 2 atom stereocenters. The second kappa shape index (κ2) is 11.5. The van der Waals surface area contributed by atoms with Crippen LogP contribution in [-0.4, -0.2) is 73.2 Å². The van der Waals surface area contributed by atoms with Gasteiger partial charge in [-0.05, 0) is 43.9 Å². The highest BCUT2D eigenvalue weighted by molar-refractivity contribution is 6.05. The molecule has 0 aliphatic carbocycles. The molecule has 0 N–H and O–H groups in total. The Morgan fingerprint density at radius 1 is 1.06 bits per heavy atom. The summed E-state index contributed by atoms with van der Waals surface area (Å²) in [5.41, 5.74) is 3.05. The number of hydrogen-bond acceptors (Lipinski definition) is 8. The number of unbranched alkanes of at least 4 members (excludes halogenated alkanes) is 1. The van der Waals surface area contributed by atoms with E-state index in [4.69, 9.17) is 19.3 Å². The molecule has 0 saturated carbocycles. The lowest BCUT2D eigenvalue weighted by Crippen LogP contribution is -2.45. The van der Waals surface area contributed by atoms with E-state index in [-0.39, 0.29) is 13.2 Å². The predicted molar refractivity (Wildman–Crippen MR) is 133 cm³/mol. The molecular formula is C27H35N3O5. The van der Waals surface area contributed by atoms with Gasteiger partial charge in [0.05, 0.1) is 38.0 Å². The first-order chi connectivity index (χ1) is 17.1. The number of nitrogens with zero attached hydrogens (tertiary/aromatic N) is 3. The standard InChI is InChI=1S/C27H35N3O5/c1-4-7-13-21-23(26(31)34-5-2)24(27(32)35-6-3)25-20(19-11-9-8-10-12-19)18-22(28-30(21)25)29-14-16-33-17-15-29/h8-12,18,24-25H,4-7,13-17H2,1-3H3. The number of benzene rings is 1. The number of carbonyl (C=O) groups excluding carboxylic acids is 2. The number of morpholine rings is 1. The Kier molecular flexibility index (Phi) is 8.23. The van der Waals surface area contributed by atoms with Gasteiger partial charge in [0.25, 0.3) is 0 Å². The highest BCUT2D eigenvalue weighted by atomic mass is 16.5. The molecule has 0 radical (unpaired) electrons. The molecule has 1 aromatic rings. The molecule has 8 heteroatoms. The molecule has 3 aliphatic heterocycles. The van der Waals surface area contributed by atoms with Crippen LogP contribution in [-0.2, 0) is 23.8 Å². The first-order valence-corrected chi connectivity index (χ1v) is 12.6. The zero-order valence-corrected chi connectivity index (χ0v) is 20.9. The lowest BCUT2D eigenvalue weighted by molar-refractivity contribution is -0.150. The Morgan fingerprint density at radius 2 is 1.77 bits per heavy atom. The molecule has 8 nitrogen and oxygen atoms in total. The van der Waals surface area contributed by atoms with Crippen LogP contribution in [0.5, 0.6) is 0 Å². The quantitative estimate of drug-likeness (QED) is 0.525. The largest absolute Gasteiger partial charge is 0.465 e. The second-order valence-electron chi connectivity index (χ2n) is 8.73. The van der Waals surface area contributed by atoms with E-state index >= 15 is 0 Å². The van der Waals surface area contributed by atoms with Gasteiger partial charge in [-0.1, -0.05) is 43.7 Å². The van der Waals surface area contributed by atoms with E-state index in [1.807, 2.05) is 35.3 Å². The molecular weight excluding hydrogens is 446 g/mol. The lowest BCUT2D eigenvalue weighted by atomic mass is 9.85. The monoisotopic (exact) mass is 481 g/mol. The van der Waals surface area contributed by atoms with Crippen LogP contribution < -0.4 is 0 Å². The number of ether oxygens (including phenoxy) is 3. The molecule has 0 bridgehead atoms. The number of amidine groups is 1. The van der Waals surface area contributed by atoms with Crippen molar-refractivity contribution in [2.45, 2.75) is 46.1 Å². The first-order valence-electron chi connectivity index (χ1n) is 12.6. The van der Waals surface area contributed by atoms with Crippen LogP contribution in [0.4, 0.5) is 0 Å². The van der Waals surface area contributed by atoms with Crippen molar-refractivity contribution in [1.29, 1.82) is 0 Å². The maximum Gasteiger partial charge on any atom is 0.336 e. The first kappa shape index (κ1) is 25.0. The van der Waals surface area contributed by atoms with Crippen LogP contribution in [0.1, 0.15) is 45.6 Å². The third kappa shape index (κ3) is 5.12. The zero-order valence-electron chi connectivity index (χ0n) is 20.9. The fraction of sp³-hybridized carbons (Fsp3) is 0.519. The highest BCUT2D eigenvalue weighted by Crippen LogP contribution is 2.46. The number of hydrogen-bond donors (Lipinski definition) is 0. The fourth-order valence-corrected chi connectivity index (χ4v) is 4.92. The van der Waals surface area contributed by atoms with Crippen molar-refractivity contribution >= 4 is 23.3 Å². The van der Waals surface area contributed by atoms with Gasteiger partial charge in [0, 0.05) is 18.8 Å². The molecule has 1 aromatic carbocycles. The summed E-state index contributed by atoms with van der Waals surface area (Å²) in [6.45, 7) is 8.85. The van der Waals surface area contributed by atoms with Crippen molar-refractivity contribution in [3.05, 3.63) is 53.2 Å². The summed E-state index contributed by atoms with van der Waals surface area (Å²) in [7, 11) is 0. The summed E-state index contributed by atoms with van der Waals surface area (Å²) in [5, 5.41) is 6.93. The number of carbonyl (C=O) groups is 2. The van der Waals surface area contributed by atoms with E-state index in [1.165, 1.54) is 0 Å². The van der Waals surface area contributed by atoms with E-state index in [1.54, 1.807) is 13.8 Å². The van der Waals surface area contributed by atoms with Gasteiger partial charge in [0.15, 0.2) is 0 Å². The van der Waals surface area contributed by atoms with E-state index in [0.29, 0.717) is 25.2 Å². The van der Waals surface area contributed by atoms with Crippen LogP contribution in [0.15, 0.2) is 52.8 Å². The van der Waals surface area contributed by atoms with E-state index < -0.39 is 23.9 Å². The summed E-state index contributed by atoms with van der Waals surface area (Å²) < 4.78 is 16.5. The second-order valence-corrected chi connectivity index (χ2v) is 8.73. The molecule has 0 aromatic heterocycles. The molecule has 4 rings (SSSR count). The molecule has 3 heterocycles. The summed E-state index contributed by atoms with van der Waals surface area (Å²) in [6, 6.07) is 9.51. The smallest absolute Gasteiger partial charge is 0.336 e. The number of allylic oxidation sites excluding steroid dienone is 1. The minimum atomic E-state index is -0.817. The summed E-state index contributed by atoms with van der Waals surface area (Å²) in [6.07, 6.45) is 4.49. The van der Waals surface area contributed by atoms with Crippen molar-refractivity contribution < 1.29 is 23.8 Å². The minimum Gasteiger partial charge on any atom is -0.465 e. The van der Waals surface area contributed by atoms with Gasteiger partial charge in [0.2, 0.25) is 0 Å². The van der Waals surface area contributed by atoms with E-state index in [9.17, 15) is 9.59 Å². The van der Waals surface area contributed by atoms with Gasteiger partial charge in [-0.3, -0.25) is 9.80 Å². The topological polar surface area (TPSA) is 80.7 Å². The average molecular weight is 482 g/mol. The van der Waals surface area contributed by atoms with E-state index in [2.05, 4.69) is 17.9 Å². The van der Waals surface area contributed by atoms with Crippen LogP contribution in [0.3, 0.4) is 0 Å². The van der Waals surface area contributed by atoms with Crippen molar-refractivity contribution in [3.8, 4) is 0 Å². The lowest BCUT2D eigenvalue weighted by Gasteiger charge is -2.37. The average Bonchev–Trinajstić information content (AvgIpc) is 3.22. The maximum absolute atomic E-state index is 13.4. The number of esters is 2. The normalized spacial score (nSPS) is 21.9. The van der Waals surface area contributed by atoms with Gasteiger partial charge in [0.1, 0.15) is 11.8 Å². The number of rotatable bonds is 8. The van der Waals surface area contributed by atoms with Gasteiger partial charge < -0.3 is 19.1 Å². The van der Waals surface area contributed by atoms with Crippen molar-refractivity contribution in [3.63, 3.8) is 0 Å². The van der Waals surface area contributed by atoms with Crippen LogP contribution in [0, 0.1) is 5.92 Å². The highest BCUT2D eigenvalue weighted by Gasteiger charge is 2.52. The van der Waals surface area contributed by atoms with Crippen LogP contribution >= 0.6 is 0 Å². The third-order valence-corrected chi connectivity index (χ3v) is 6.54. The molecule has 35 heavy (non-hydrogen) atoms. The molecule has 1 fully saturated rings. The van der Waals surface area contributed by atoms with Crippen molar-refractivity contribution in [1.82, 2.24) is 9.91 Å². The van der Waals surface area contributed by atoms with E-state index in [0.717, 1.165) is 48.6 Å². The van der Waals surface area contributed by atoms with Gasteiger partial charge >= 0.3 is 11.9 Å². The number of fused-ring (bicyclic) bond motifs is 1. The summed E-state index contributed by atoms with van der Waals surface area (Å²) in [5.74, 6) is -0.905. The molecule has 1 saturated heterocycles. The predicted octanol–water partition coefficient (Wildman–Crippen LogP) is 3.60. The Bertz CT molecular complexity index is 1010. The summed E-state index contributed by atoms with van der Waals surface area (Å²) in [4.78, 5) is 28.9. The maximum atomic E-state index is 13.4. The minimum absolute atomic E-state index is 0.229. The Hall–Kier alpha value is -3.13. The third-order valence-electron chi connectivity index (χ3n) is 6.54. The SMILES string of the molecule is CCCCC1=C(C(=O)OCC)C(C(=O)OCC)C2C(c3ccccc3)=CC(N3CCOCC3)=NN12. The Morgan fingerprint density at radius 3 is 2.43 bits per heavy atom. The molecule has 0 amide bonds. The Balaban J connectivity index is 1.88. The van der Waals surface area contributed by atoms with Crippen LogP contribution in [0.25, 0.3) is 5.57 Å². The zero-order chi connectivity index (χ0) is 24.8. The molecule has 188 valence electrons. The fourth-order valence-electron chi connectivity index (χ4n) is 4.92. The number of hydrazone groups is 1. The van der Waals surface area contributed by atoms with Gasteiger partial charge in [-0.15, -0.1) is 0 Å². The Labute approximate surface area is 207 Å². The summed E-state index contributed by atoms with van der Waals surface area (Å²) >= 11 is 0. The molecule has 2 unspecified atom stereocenters.